The van der Waals surface area contributed by atoms with Gasteiger partial charge in [-0.25, -0.2) is 8.42 Å². The van der Waals surface area contributed by atoms with Crippen molar-refractivity contribution in [2.75, 3.05) is 25.6 Å². The molecule has 0 saturated carbocycles. The summed E-state index contributed by atoms with van der Waals surface area (Å²) in [6.45, 7) is 2.75. The molecule has 2 aliphatic heterocycles. The number of rotatable bonds is 5. The highest BCUT2D eigenvalue weighted by molar-refractivity contribution is 7.89. The molecule has 29 heavy (non-hydrogen) atoms. The van der Waals surface area contributed by atoms with Crippen molar-refractivity contribution in [2.45, 2.75) is 13.3 Å². The summed E-state index contributed by atoms with van der Waals surface area (Å²) in [4.78, 5) is 10.8. The van der Waals surface area contributed by atoms with Gasteiger partial charge in [0.05, 0.1) is 0 Å². The molecule has 0 unspecified atom stereocenters. The smallest absolute Gasteiger partial charge is 0.320 e. The Kier molecular flexibility index (Phi) is 5.06. The highest BCUT2D eigenvalue weighted by Crippen LogP contribution is 2.37. The normalized spacial score (nSPS) is 16.5. The molecule has 8 heteroatoms. The van der Waals surface area contributed by atoms with Crippen LogP contribution in [0.3, 0.4) is 0 Å². The predicted molar refractivity (Wildman–Crippen MR) is 108 cm³/mol. The van der Waals surface area contributed by atoms with E-state index in [1.54, 1.807) is 0 Å². The van der Waals surface area contributed by atoms with Crippen molar-refractivity contribution in [3.05, 3.63) is 53.6 Å². The number of aliphatic carboxylic acids is 1. The predicted octanol–water partition coefficient (Wildman–Crippen LogP) is 2.89. The summed E-state index contributed by atoms with van der Waals surface area (Å²) in [5, 5.41) is 8.78. The highest BCUT2D eigenvalue weighted by Gasteiger charge is 2.27. The number of ether oxygens (including phenoxy) is 2. The molecule has 0 saturated heterocycles. The van der Waals surface area contributed by atoms with Crippen LogP contribution in [0.4, 0.5) is 0 Å². The van der Waals surface area contributed by atoms with Crippen LogP contribution in [-0.4, -0.2) is 49.4 Å². The zero-order valence-electron chi connectivity index (χ0n) is 15.9. The minimum absolute atomic E-state index is 0.188. The standard InChI is InChI=1S/C21H21NO6S/c1-14-10-16(15-6-8-22(9-7-15)29(25,26)12-21(23)24)2-4-18(14)17-3-5-19-20(11-17)28-13-27-19/h2-6,10-11H,7-9,12-13H2,1H3,(H,23,24). The molecule has 2 heterocycles. The van der Waals surface area contributed by atoms with E-state index in [0.717, 1.165) is 39.3 Å². The van der Waals surface area contributed by atoms with Crippen LogP contribution in [0.2, 0.25) is 0 Å². The maximum absolute atomic E-state index is 12.1. The summed E-state index contributed by atoms with van der Waals surface area (Å²) < 4.78 is 36.2. The quantitative estimate of drug-likeness (QED) is 0.807. The molecule has 2 aromatic carbocycles. The third-order valence-electron chi connectivity index (χ3n) is 5.15. The molecule has 2 aliphatic rings. The van der Waals surface area contributed by atoms with Crippen molar-refractivity contribution in [2.24, 2.45) is 0 Å². The molecule has 0 fully saturated rings. The molecule has 0 aliphatic carbocycles. The number of sulfonamides is 1. The summed E-state index contributed by atoms with van der Waals surface area (Å²) >= 11 is 0. The maximum atomic E-state index is 12.1. The fraction of sp³-hybridized carbons (Fsp3) is 0.286. The molecule has 0 bridgehead atoms. The lowest BCUT2D eigenvalue weighted by molar-refractivity contribution is -0.134. The van der Waals surface area contributed by atoms with Gasteiger partial charge in [0.2, 0.25) is 16.8 Å². The van der Waals surface area contributed by atoms with Crippen LogP contribution in [0.15, 0.2) is 42.5 Å². The minimum Gasteiger partial charge on any atom is -0.480 e. The molecule has 1 N–H and O–H groups in total. The second-order valence-corrected chi connectivity index (χ2v) is 9.05. The second-order valence-electron chi connectivity index (χ2n) is 7.09. The zero-order chi connectivity index (χ0) is 20.6. The monoisotopic (exact) mass is 415 g/mol. The fourth-order valence-corrected chi connectivity index (χ4v) is 4.83. The van der Waals surface area contributed by atoms with E-state index in [1.807, 2.05) is 37.3 Å². The summed E-state index contributed by atoms with van der Waals surface area (Å²) in [5.74, 6) is -0.726. The first-order valence-corrected chi connectivity index (χ1v) is 10.8. The lowest BCUT2D eigenvalue weighted by Gasteiger charge is -2.25. The molecule has 7 nitrogen and oxygen atoms in total. The number of hydrogen-bond acceptors (Lipinski definition) is 5. The Morgan fingerprint density at radius 3 is 2.55 bits per heavy atom. The Morgan fingerprint density at radius 2 is 1.86 bits per heavy atom. The fourth-order valence-electron chi connectivity index (χ4n) is 3.66. The van der Waals surface area contributed by atoms with E-state index in [0.29, 0.717) is 6.42 Å². The van der Waals surface area contributed by atoms with E-state index >= 15 is 0 Å². The second kappa shape index (κ2) is 7.53. The molecule has 152 valence electrons. The Morgan fingerprint density at radius 1 is 1.10 bits per heavy atom. The van der Waals surface area contributed by atoms with Crippen LogP contribution >= 0.6 is 0 Å². The first-order valence-electron chi connectivity index (χ1n) is 9.23. The minimum atomic E-state index is -3.78. The number of carboxylic acids is 1. The van der Waals surface area contributed by atoms with Crippen molar-refractivity contribution < 1.29 is 27.8 Å². The van der Waals surface area contributed by atoms with Crippen LogP contribution < -0.4 is 9.47 Å². The Balaban J connectivity index is 1.54. The van der Waals surface area contributed by atoms with Gasteiger partial charge in [-0.2, -0.15) is 4.31 Å². The van der Waals surface area contributed by atoms with Crippen LogP contribution in [-0.2, 0) is 14.8 Å². The van der Waals surface area contributed by atoms with Gasteiger partial charge in [-0.15, -0.1) is 0 Å². The molecule has 4 rings (SSSR count). The van der Waals surface area contributed by atoms with Gasteiger partial charge in [-0.05, 0) is 53.3 Å². The number of carbonyl (C=O) groups is 1. The lowest BCUT2D eigenvalue weighted by atomic mass is 9.93. The summed E-state index contributed by atoms with van der Waals surface area (Å²) in [7, 11) is -3.78. The van der Waals surface area contributed by atoms with Crippen molar-refractivity contribution >= 4 is 21.6 Å². The van der Waals surface area contributed by atoms with Gasteiger partial charge in [-0.1, -0.05) is 30.3 Å². The van der Waals surface area contributed by atoms with Gasteiger partial charge >= 0.3 is 5.97 Å². The molecule has 0 amide bonds. The van der Waals surface area contributed by atoms with Crippen LogP contribution in [0.1, 0.15) is 17.5 Å². The highest BCUT2D eigenvalue weighted by atomic mass is 32.2. The lowest BCUT2D eigenvalue weighted by Crippen LogP contribution is -2.38. The number of benzene rings is 2. The van der Waals surface area contributed by atoms with Gasteiger partial charge < -0.3 is 14.6 Å². The Bertz CT molecular complexity index is 1110. The first-order chi connectivity index (χ1) is 13.8. The van der Waals surface area contributed by atoms with Gasteiger partial charge in [0.15, 0.2) is 17.3 Å². The van der Waals surface area contributed by atoms with Gasteiger partial charge in [-0.3, -0.25) is 4.79 Å². The van der Waals surface area contributed by atoms with E-state index in [4.69, 9.17) is 14.6 Å². The number of carboxylic acid groups (broad SMARTS) is 1. The van der Waals surface area contributed by atoms with E-state index < -0.39 is 21.7 Å². The van der Waals surface area contributed by atoms with Crippen LogP contribution in [0, 0.1) is 6.92 Å². The third-order valence-corrected chi connectivity index (χ3v) is 6.88. The molecular formula is C21H21NO6S. The summed E-state index contributed by atoms with van der Waals surface area (Å²) in [5.41, 5.74) is 5.34. The summed E-state index contributed by atoms with van der Waals surface area (Å²) in [6, 6.07) is 12.0. The molecule has 0 aromatic heterocycles. The maximum Gasteiger partial charge on any atom is 0.320 e. The van der Waals surface area contributed by atoms with Gasteiger partial charge in [0.1, 0.15) is 0 Å². The average Bonchev–Trinajstić information content (AvgIpc) is 3.15. The van der Waals surface area contributed by atoms with E-state index in [1.165, 1.54) is 4.31 Å². The summed E-state index contributed by atoms with van der Waals surface area (Å²) in [6.07, 6.45) is 2.40. The SMILES string of the molecule is Cc1cc(C2=CCN(S(=O)(=O)CC(=O)O)CC2)ccc1-c1ccc2c(c1)OCO2. The van der Waals surface area contributed by atoms with Gasteiger partial charge in [0, 0.05) is 13.1 Å². The number of fused-ring (bicyclic) bond motifs is 1. The first kappa shape index (κ1) is 19.5. The molecular weight excluding hydrogens is 394 g/mol. The number of aryl methyl sites for hydroxylation is 1. The Labute approximate surface area is 169 Å². The van der Waals surface area contributed by atoms with Crippen LogP contribution in [0.25, 0.3) is 16.7 Å². The Hall–Kier alpha value is -2.84. The van der Waals surface area contributed by atoms with Crippen molar-refractivity contribution in [3.63, 3.8) is 0 Å². The zero-order valence-corrected chi connectivity index (χ0v) is 16.7. The van der Waals surface area contributed by atoms with E-state index in [9.17, 15) is 13.2 Å². The van der Waals surface area contributed by atoms with Gasteiger partial charge in [0.25, 0.3) is 0 Å². The van der Waals surface area contributed by atoms with Crippen molar-refractivity contribution in [3.8, 4) is 22.6 Å². The van der Waals surface area contributed by atoms with Crippen LogP contribution in [0.5, 0.6) is 11.5 Å². The number of nitrogens with zero attached hydrogens (tertiary/aromatic N) is 1. The molecule has 2 aromatic rings. The van der Waals surface area contributed by atoms with Crippen molar-refractivity contribution in [1.82, 2.24) is 4.31 Å². The molecule has 0 spiro atoms. The van der Waals surface area contributed by atoms with E-state index in [2.05, 4.69) is 12.1 Å². The van der Waals surface area contributed by atoms with Crippen molar-refractivity contribution in [1.29, 1.82) is 0 Å². The average molecular weight is 415 g/mol. The largest absolute Gasteiger partial charge is 0.480 e. The molecule has 0 radical (unpaired) electrons. The number of hydrogen-bond donors (Lipinski definition) is 1. The molecule has 0 atom stereocenters. The third kappa shape index (κ3) is 3.99. The topological polar surface area (TPSA) is 93.1 Å². The van der Waals surface area contributed by atoms with E-state index in [-0.39, 0.29) is 19.9 Å².